The van der Waals surface area contributed by atoms with Crippen molar-refractivity contribution in [2.75, 3.05) is 14.2 Å². The van der Waals surface area contributed by atoms with Gasteiger partial charge in [-0.2, -0.15) is 0 Å². The molecule has 3 N–H and O–H groups in total. The largest absolute Gasteiger partial charge is 0.343 e. The third-order valence-electron chi connectivity index (χ3n) is 1.78. The van der Waals surface area contributed by atoms with E-state index in [9.17, 15) is 9.59 Å². The van der Waals surface area contributed by atoms with Crippen LogP contribution in [0.4, 0.5) is 0 Å². The summed E-state index contributed by atoms with van der Waals surface area (Å²) in [6, 6.07) is -0.939. The summed E-state index contributed by atoms with van der Waals surface area (Å²) in [5, 5.41) is 5.29. The fourth-order valence-corrected chi connectivity index (χ4v) is 0.724. The monoisotopic (exact) mass is 203 g/mol. The molecule has 6 heteroatoms. The number of likely N-dealkylation sites (N-methyl/N-ethyl adjacent to an activating group) is 1. The van der Waals surface area contributed by atoms with E-state index in [1.54, 1.807) is 20.9 Å². The third kappa shape index (κ3) is 4.20. The lowest BCUT2D eigenvalue weighted by Crippen LogP contribution is -2.49. The minimum atomic E-state index is -0.613. The minimum absolute atomic E-state index is 0.230. The summed E-state index contributed by atoms with van der Waals surface area (Å²) < 4.78 is 0. The highest BCUT2D eigenvalue weighted by Crippen LogP contribution is 1.86. The molecule has 14 heavy (non-hydrogen) atoms. The Hall–Kier alpha value is -1.14. The molecule has 0 saturated heterocycles. The molecule has 0 aliphatic heterocycles. The summed E-state index contributed by atoms with van der Waals surface area (Å²) in [5.41, 5.74) is 2.13. The number of amides is 2. The van der Waals surface area contributed by atoms with Gasteiger partial charge in [-0.25, -0.2) is 5.48 Å². The molecule has 0 spiro atoms. The Balaban J connectivity index is 3.99. The van der Waals surface area contributed by atoms with Crippen molar-refractivity contribution in [1.82, 2.24) is 16.1 Å². The van der Waals surface area contributed by atoms with Crippen LogP contribution in [0.1, 0.15) is 13.8 Å². The summed E-state index contributed by atoms with van der Waals surface area (Å²) >= 11 is 0. The summed E-state index contributed by atoms with van der Waals surface area (Å²) in [6.45, 7) is 3.28. The van der Waals surface area contributed by atoms with Crippen LogP contribution in [0.3, 0.4) is 0 Å². The molecule has 0 radical (unpaired) electrons. The number of hydrogen-bond acceptors (Lipinski definition) is 4. The van der Waals surface area contributed by atoms with Gasteiger partial charge in [-0.1, -0.05) is 0 Å². The smallest absolute Gasteiger partial charge is 0.265 e. The molecule has 0 aromatic rings. The van der Waals surface area contributed by atoms with Gasteiger partial charge in [0.15, 0.2) is 0 Å². The van der Waals surface area contributed by atoms with E-state index in [2.05, 4.69) is 21.0 Å². The highest BCUT2D eigenvalue weighted by Gasteiger charge is 2.18. The number of hydroxylamine groups is 1. The first-order chi connectivity index (χ1) is 6.52. The van der Waals surface area contributed by atoms with Gasteiger partial charge in [0.05, 0.1) is 13.2 Å². The third-order valence-corrected chi connectivity index (χ3v) is 1.78. The van der Waals surface area contributed by atoms with Gasteiger partial charge in [0.2, 0.25) is 5.91 Å². The van der Waals surface area contributed by atoms with E-state index in [1.807, 2.05) is 0 Å². The summed E-state index contributed by atoms with van der Waals surface area (Å²) in [6.07, 6.45) is 0. The van der Waals surface area contributed by atoms with Gasteiger partial charge in [-0.05, 0) is 20.9 Å². The maximum absolute atomic E-state index is 11.3. The van der Waals surface area contributed by atoms with Crippen LogP contribution in [0.2, 0.25) is 0 Å². The predicted molar refractivity (Wildman–Crippen MR) is 51.3 cm³/mol. The Kier molecular flexibility index (Phi) is 5.82. The lowest BCUT2D eigenvalue weighted by Gasteiger charge is -2.16. The van der Waals surface area contributed by atoms with Gasteiger partial charge < -0.3 is 10.6 Å². The Labute approximate surface area is 83.3 Å². The fraction of sp³-hybridized carbons (Fsp3) is 0.750. The van der Waals surface area contributed by atoms with E-state index in [0.717, 1.165) is 0 Å². The Morgan fingerprint density at radius 1 is 1.14 bits per heavy atom. The molecule has 82 valence electrons. The van der Waals surface area contributed by atoms with Crippen LogP contribution in [0.5, 0.6) is 0 Å². The maximum Gasteiger partial charge on any atom is 0.265 e. The molecule has 0 bridgehead atoms. The lowest BCUT2D eigenvalue weighted by molar-refractivity contribution is -0.136. The molecule has 0 aliphatic rings. The van der Waals surface area contributed by atoms with E-state index in [4.69, 9.17) is 0 Å². The van der Waals surface area contributed by atoms with Crippen LogP contribution in [-0.4, -0.2) is 38.1 Å². The quantitative estimate of drug-likeness (QED) is 0.489. The summed E-state index contributed by atoms with van der Waals surface area (Å²) in [5.74, 6) is -0.615. The van der Waals surface area contributed by atoms with Crippen molar-refractivity contribution in [3.63, 3.8) is 0 Å². The molecule has 0 rings (SSSR count). The van der Waals surface area contributed by atoms with Gasteiger partial charge in [-0.15, -0.1) is 0 Å². The van der Waals surface area contributed by atoms with Crippen LogP contribution in [-0.2, 0) is 14.4 Å². The highest BCUT2D eigenvalue weighted by atomic mass is 16.6. The summed E-state index contributed by atoms with van der Waals surface area (Å²) in [7, 11) is 3.01. The van der Waals surface area contributed by atoms with Crippen LogP contribution in [0, 0.1) is 0 Å². The first kappa shape index (κ1) is 12.9. The predicted octanol–water partition coefficient (Wildman–Crippen LogP) is -1.22. The zero-order valence-corrected chi connectivity index (χ0v) is 8.88. The number of carbonyl (C=O) groups excluding carboxylic acids is 2. The van der Waals surface area contributed by atoms with Crippen molar-refractivity contribution < 1.29 is 14.4 Å². The Morgan fingerprint density at radius 3 is 2.14 bits per heavy atom. The maximum atomic E-state index is 11.3. The van der Waals surface area contributed by atoms with Crippen molar-refractivity contribution in [1.29, 1.82) is 0 Å². The second-order valence-corrected chi connectivity index (χ2v) is 2.91. The second-order valence-electron chi connectivity index (χ2n) is 2.91. The Morgan fingerprint density at radius 2 is 1.71 bits per heavy atom. The zero-order valence-electron chi connectivity index (χ0n) is 8.88. The molecule has 2 amide bonds. The average molecular weight is 203 g/mol. The molecule has 2 unspecified atom stereocenters. The Bertz CT molecular complexity index is 208. The number of carbonyl (C=O) groups is 2. The number of nitrogens with one attached hydrogen (secondary N) is 3. The molecule has 0 fully saturated rings. The van der Waals surface area contributed by atoms with Gasteiger partial charge >= 0.3 is 0 Å². The van der Waals surface area contributed by atoms with Crippen molar-refractivity contribution in [2.24, 2.45) is 0 Å². The van der Waals surface area contributed by atoms with Crippen molar-refractivity contribution in [3.05, 3.63) is 0 Å². The van der Waals surface area contributed by atoms with Crippen LogP contribution < -0.4 is 16.1 Å². The molecular formula is C8H17N3O3. The van der Waals surface area contributed by atoms with Crippen molar-refractivity contribution in [2.45, 2.75) is 25.9 Å². The summed E-state index contributed by atoms with van der Waals surface area (Å²) in [4.78, 5) is 26.8. The average Bonchev–Trinajstić information content (AvgIpc) is 2.16. The van der Waals surface area contributed by atoms with Gasteiger partial charge in [-0.3, -0.25) is 14.4 Å². The minimum Gasteiger partial charge on any atom is -0.343 e. The molecular weight excluding hydrogens is 186 g/mol. The molecule has 0 heterocycles. The topological polar surface area (TPSA) is 79.5 Å². The van der Waals surface area contributed by atoms with Crippen LogP contribution in [0.25, 0.3) is 0 Å². The van der Waals surface area contributed by atoms with E-state index >= 15 is 0 Å². The first-order valence-corrected chi connectivity index (χ1v) is 4.33. The van der Waals surface area contributed by atoms with Crippen LogP contribution >= 0.6 is 0 Å². The van der Waals surface area contributed by atoms with E-state index in [1.165, 1.54) is 7.11 Å². The molecule has 0 saturated carbocycles. The second kappa shape index (κ2) is 6.33. The van der Waals surface area contributed by atoms with E-state index < -0.39 is 6.04 Å². The SMILES string of the molecule is CNC(C)C(=O)NC(C)C(=O)NOC. The molecule has 0 aromatic heterocycles. The first-order valence-electron chi connectivity index (χ1n) is 4.33. The van der Waals surface area contributed by atoms with E-state index in [-0.39, 0.29) is 17.9 Å². The molecule has 0 aliphatic carbocycles. The lowest BCUT2D eigenvalue weighted by atomic mass is 10.2. The standard InChI is InChI=1S/C8H17N3O3/c1-5(9-3)7(12)10-6(2)8(13)11-14-4/h5-6,9H,1-4H3,(H,10,12)(H,11,13). The van der Waals surface area contributed by atoms with Crippen LogP contribution in [0.15, 0.2) is 0 Å². The van der Waals surface area contributed by atoms with Crippen molar-refractivity contribution in [3.8, 4) is 0 Å². The molecule has 6 nitrogen and oxygen atoms in total. The normalized spacial score (nSPS) is 14.3. The van der Waals surface area contributed by atoms with Crippen molar-refractivity contribution >= 4 is 11.8 Å². The van der Waals surface area contributed by atoms with Gasteiger partial charge in [0, 0.05) is 0 Å². The van der Waals surface area contributed by atoms with Gasteiger partial charge in [0.1, 0.15) is 6.04 Å². The fourth-order valence-electron chi connectivity index (χ4n) is 0.724. The number of hydrogen-bond donors (Lipinski definition) is 3. The molecule has 2 atom stereocenters. The highest BCUT2D eigenvalue weighted by molar-refractivity contribution is 5.88. The number of rotatable bonds is 5. The van der Waals surface area contributed by atoms with Gasteiger partial charge in [0.25, 0.3) is 5.91 Å². The van der Waals surface area contributed by atoms with E-state index in [0.29, 0.717) is 0 Å². The zero-order chi connectivity index (χ0) is 11.1. The molecule has 0 aromatic carbocycles.